The van der Waals surface area contributed by atoms with Crippen molar-refractivity contribution < 1.29 is 9.16 Å². The lowest BCUT2D eigenvalue weighted by Gasteiger charge is -2.36. The quantitative estimate of drug-likeness (QED) is 0.660. The van der Waals surface area contributed by atoms with Crippen molar-refractivity contribution in [1.82, 2.24) is 0 Å². The maximum absolute atomic E-state index is 6.17. The number of hydrogen-bond acceptors (Lipinski definition) is 3. The summed E-state index contributed by atoms with van der Waals surface area (Å²) in [6, 6.07) is 5.64. The van der Waals surface area contributed by atoms with Crippen LogP contribution < -0.4 is 14.9 Å². The predicted molar refractivity (Wildman–Crippen MR) is 75.2 cm³/mol. The molecule has 0 amide bonds. The van der Waals surface area contributed by atoms with Gasteiger partial charge < -0.3 is 14.9 Å². The first-order valence-electron chi connectivity index (χ1n) is 5.80. The minimum atomic E-state index is -1.85. The van der Waals surface area contributed by atoms with Crippen molar-refractivity contribution in [2.45, 2.75) is 38.9 Å². The lowest BCUT2D eigenvalue weighted by Crippen LogP contribution is -2.44. The van der Waals surface area contributed by atoms with E-state index in [0.29, 0.717) is 11.4 Å². The second-order valence-corrected chi connectivity index (χ2v) is 10.5. The number of nitrogens with two attached hydrogens (primary N) is 1. The molecule has 96 valence electrons. The summed E-state index contributed by atoms with van der Waals surface area (Å²) >= 11 is 0. The maximum Gasteiger partial charge on any atom is 0.250 e. The third-order valence-corrected chi connectivity index (χ3v) is 7.76. The maximum atomic E-state index is 6.17. The Hall–Kier alpha value is -1.16. The van der Waals surface area contributed by atoms with Crippen LogP contribution >= 0.6 is 0 Å². The van der Waals surface area contributed by atoms with Crippen molar-refractivity contribution >= 4 is 14.0 Å². The number of ether oxygens (including phenoxy) is 1. The molecule has 0 bridgehead atoms. The van der Waals surface area contributed by atoms with E-state index >= 15 is 0 Å². The molecule has 3 nitrogen and oxygen atoms in total. The average molecular weight is 253 g/mol. The van der Waals surface area contributed by atoms with E-state index in [1.54, 1.807) is 7.11 Å². The molecule has 1 rings (SSSR count). The number of rotatable bonds is 3. The van der Waals surface area contributed by atoms with Gasteiger partial charge in [-0.15, -0.1) is 0 Å². The monoisotopic (exact) mass is 253 g/mol. The molecule has 0 fully saturated rings. The van der Waals surface area contributed by atoms with E-state index < -0.39 is 8.32 Å². The molecule has 0 aromatic heterocycles. The summed E-state index contributed by atoms with van der Waals surface area (Å²) in [5, 5.41) is 0.155. The van der Waals surface area contributed by atoms with Crippen LogP contribution in [0.4, 0.5) is 5.69 Å². The minimum Gasteiger partial charge on any atom is -0.542 e. The smallest absolute Gasteiger partial charge is 0.250 e. The highest BCUT2D eigenvalue weighted by Gasteiger charge is 2.39. The fourth-order valence-electron chi connectivity index (χ4n) is 1.22. The first-order chi connectivity index (χ1) is 7.69. The first-order valence-corrected chi connectivity index (χ1v) is 8.71. The second-order valence-electron chi connectivity index (χ2n) is 5.73. The van der Waals surface area contributed by atoms with Crippen molar-refractivity contribution in [3.8, 4) is 11.5 Å². The van der Waals surface area contributed by atoms with Gasteiger partial charge in [-0.05, 0) is 30.3 Å². The molecule has 0 unspecified atom stereocenters. The Bertz CT molecular complexity index is 397. The fourth-order valence-corrected chi connectivity index (χ4v) is 2.25. The summed E-state index contributed by atoms with van der Waals surface area (Å²) in [6.07, 6.45) is 0. The highest BCUT2D eigenvalue weighted by Crippen LogP contribution is 2.40. The molecular weight excluding hydrogens is 230 g/mol. The van der Waals surface area contributed by atoms with Crippen molar-refractivity contribution in [3.63, 3.8) is 0 Å². The van der Waals surface area contributed by atoms with E-state index in [0.717, 1.165) is 5.75 Å². The number of hydrogen-bond donors (Lipinski definition) is 1. The number of methoxy groups -OCH3 is 1. The van der Waals surface area contributed by atoms with Crippen LogP contribution in [0.15, 0.2) is 18.2 Å². The molecule has 0 spiro atoms. The molecule has 1 aromatic rings. The summed E-state index contributed by atoms with van der Waals surface area (Å²) in [5.41, 5.74) is 6.60. The van der Waals surface area contributed by atoms with Gasteiger partial charge in [-0.2, -0.15) is 0 Å². The molecular formula is C13H23NO2Si. The molecule has 0 aliphatic carbocycles. The van der Waals surface area contributed by atoms with Crippen LogP contribution in [0.3, 0.4) is 0 Å². The average Bonchev–Trinajstić information content (AvgIpc) is 2.19. The topological polar surface area (TPSA) is 44.5 Å². The van der Waals surface area contributed by atoms with Gasteiger partial charge in [-0.25, -0.2) is 0 Å². The van der Waals surface area contributed by atoms with E-state index in [9.17, 15) is 0 Å². The zero-order valence-corrected chi connectivity index (χ0v) is 12.6. The van der Waals surface area contributed by atoms with E-state index in [1.807, 2.05) is 18.2 Å². The van der Waals surface area contributed by atoms with Gasteiger partial charge in [0.05, 0.1) is 7.11 Å². The molecule has 2 N–H and O–H groups in total. The highest BCUT2D eigenvalue weighted by atomic mass is 28.4. The Morgan fingerprint density at radius 1 is 1.12 bits per heavy atom. The van der Waals surface area contributed by atoms with Gasteiger partial charge in [0.25, 0.3) is 8.32 Å². The molecule has 4 heteroatoms. The van der Waals surface area contributed by atoms with E-state index in [1.165, 1.54) is 0 Å². The summed E-state index contributed by atoms with van der Waals surface area (Å²) in [6.45, 7) is 11.0. The summed E-state index contributed by atoms with van der Waals surface area (Å²) < 4.78 is 11.4. The normalized spacial score (nSPS) is 12.4. The van der Waals surface area contributed by atoms with E-state index in [4.69, 9.17) is 14.9 Å². The van der Waals surface area contributed by atoms with Crippen LogP contribution in [0, 0.1) is 0 Å². The minimum absolute atomic E-state index is 0.155. The lowest BCUT2D eigenvalue weighted by molar-refractivity contribution is 0.413. The van der Waals surface area contributed by atoms with Gasteiger partial charge in [0, 0.05) is 0 Å². The zero-order chi connectivity index (χ0) is 13.3. The Balaban J connectivity index is 3.04. The van der Waals surface area contributed by atoms with Crippen LogP contribution in [0.25, 0.3) is 0 Å². The van der Waals surface area contributed by atoms with Crippen molar-refractivity contribution in [2.75, 3.05) is 12.8 Å². The Morgan fingerprint density at radius 2 is 1.65 bits per heavy atom. The standard InChI is InChI=1S/C13H23NO2Si/c1-13(2,3)17(5,6)16-11-9-7-8-10(15-4)12(11)14/h7-9H,14H2,1-6H3. The van der Waals surface area contributed by atoms with E-state index in [-0.39, 0.29) is 5.04 Å². The summed E-state index contributed by atoms with van der Waals surface area (Å²) in [7, 11) is -0.235. The fraction of sp³-hybridized carbons (Fsp3) is 0.538. The van der Waals surface area contributed by atoms with Gasteiger partial charge in [0.15, 0.2) is 0 Å². The molecule has 0 saturated heterocycles. The Labute approximate surface area is 105 Å². The van der Waals surface area contributed by atoms with Gasteiger partial charge >= 0.3 is 0 Å². The van der Waals surface area contributed by atoms with Crippen molar-refractivity contribution in [2.24, 2.45) is 0 Å². The lowest BCUT2D eigenvalue weighted by atomic mass is 10.2. The zero-order valence-electron chi connectivity index (χ0n) is 11.6. The molecule has 17 heavy (non-hydrogen) atoms. The van der Waals surface area contributed by atoms with Crippen molar-refractivity contribution in [1.29, 1.82) is 0 Å². The molecule has 0 aliphatic heterocycles. The predicted octanol–water partition coefficient (Wildman–Crippen LogP) is 3.66. The van der Waals surface area contributed by atoms with Crippen LogP contribution in [0.1, 0.15) is 20.8 Å². The molecule has 0 aliphatic rings. The van der Waals surface area contributed by atoms with Gasteiger partial charge in [-0.3, -0.25) is 0 Å². The highest BCUT2D eigenvalue weighted by molar-refractivity contribution is 6.74. The number of para-hydroxylation sites is 1. The second kappa shape index (κ2) is 4.60. The molecule has 0 atom stereocenters. The van der Waals surface area contributed by atoms with Crippen LogP contribution in [-0.2, 0) is 0 Å². The first kappa shape index (κ1) is 13.9. The van der Waals surface area contributed by atoms with Crippen LogP contribution in [0.5, 0.6) is 11.5 Å². The van der Waals surface area contributed by atoms with Gasteiger partial charge in [0.2, 0.25) is 0 Å². The number of benzene rings is 1. The number of nitrogen functional groups attached to an aromatic ring is 1. The van der Waals surface area contributed by atoms with Crippen LogP contribution in [-0.4, -0.2) is 15.4 Å². The summed E-state index contributed by atoms with van der Waals surface area (Å²) in [4.78, 5) is 0. The van der Waals surface area contributed by atoms with Gasteiger partial charge in [-0.1, -0.05) is 26.8 Å². The third kappa shape index (κ3) is 2.94. The molecule has 1 aromatic carbocycles. The van der Waals surface area contributed by atoms with Gasteiger partial charge in [0.1, 0.15) is 17.2 Å². The molecule has 0 saturated carbocycles. The Morgan fingerprint density at radius 3 is 2.12 bits per heavy atom. The Kier molecular flexibility index (Phi) is 3.77. The molecule has 0 radical (unpaired) electrons. The number of anilines is 1. The SMILES string of the molecule is COc1cccc(O[Si](C)(C)C(C)(C)C)c1N. The van der Waals surface area contributed by atoms with Crippen molar-refractivity contribution in [3.05, 3.63) is 18.2 Å². The van der Waals surface area contributed by atoms with E-state index in [2.05, 4.69) is 33.9 Å². The summed E-state index contributed by atoms with van der Waals surface area (Å²) in [5.74, 6) is 1.40. The molecule has 0 heterocycles. The van der Waals surface area contributed by atoms with Crippen LogP contribution in [0.2, 0.25) is 18.1 Å². The largest absolute Gasteiger partial charge is 0.542 e. The third-order valence-electron chi connectivity index (χ3n) is 3.42.